The van der Waals surface area contributed by atoms with E-state index in [0.29, 0.717) is 5.56 Å². The average Bonchev–Trinajstić information content (AvgIpc) is 2.19. The van der Waals surface area contributed by atoms with E-state index >= 15 is 0 Å². The van der Waals surface area contributed by atoms with Gasteiger partial charge in [0.05, 0.1) is 11.4 Å². The molecular formula is C13H17ClO3. The maximum atomic E-state index is 10.8. The summed E-state index contributed by atoms with van der Waals surface area (Å²) in [6.45, 7) is 5.55. The number of halogens is 1. The molecule has 0 aliphatic rings. The van der Waals surface area contributed by atoms with E-state index in [1.54, 1.807) is 19.9 Å². The minimum absolute atomic E-state index is 0.0184. The van der Waals surface area contributed by atoms with Gasteiger partial charge >= 0.3 is 5.97 Å². The Morgan fingerprint density at radius 1 is 1.41 bits per heavy atom. The zero-order valence-corrected chi connectivity index (χ0v) is 11.0. The van der Waals surface area contributed by atoms with Gasteiger partial charge in [-0.25, -0.2) is 0 Å². The van der Waals surface area contributed by atoms with E-state index in [-0.39, 0.29) is 17.2 Å². The summed E-state index contributed by atoms with van der Waals surface area (Å²) in [5.74, 6) is -0.914. The van der Waals surface area contributed by atoms with Crippen LogP contribution in [0.1, 0.15) is 38.3 Å². The van der Waals surface area contributed by atoms with Gasteiger partial charge in [0.1, 0.15) is 5.75 Å². The molecule has 2 N–H and O–H groups in total. The van der Waals surface area contributed by atoms with Crippen LogP contribution in [0.2, 0.25) is 5.02 Å². The van der Waals surface area contributed by atoms with E-state index < -0.39 is 11.4 Å². The monoisotopic (exact) mass is 256 g/mol. The minimum atomic E-state index is -0.896. The second-order valence-electron chi connectivity index (χ2n) is 4.78. The molecule has 0 aromatic heterocycles. The van der Waals surface area contributed by atoms with Crippen LogP contribution in [0.15, 0.2) is 12.1 Å². The van der Waals surface area contributed by atoms with Crippen LogP contribution in [-0.4, -0.2) is 16.2 Å². The predicted molar refractivity (Wildman–Crippen MR) is 67.8 cm³/mol. The number of aliphatic carboxylic acids is 1. The van der Waals surface area contributed by atoms with Crippen molar-refractivity contribution in [2.45, 2.75) is 39.0 Å². The molecule has 4 heteroatoms. The highest BCUT2D eigenvalue weighted by molar-refractivity contribution is 6.32. The van der Waals surface area contributed by atoms with Crippen molar-refractivity contribution in [3.63, 3.8) is 0 Å². The Morgan fingerprint density at radius 3 is 2.47 bits per heavy atom. The Bertz CT molecular complexity index is 439. The van der Waals surface area contributed by atoms with E-state index in [2.05, 4.69) is 0 Å². The molecule has 0 fully saturated rings. The van der Waals surface area contributed by atoms with Gasteiger partial charge in [-0.15, -0.1) is 0 Å². The third-order valence-corrected chi connectivity index (χ3v) is 3.14. The SMILES string of the molecule is CCc1cc(Cl)c(O)c(C(C)(C)CC(=O)O)c1. The van der Waals surface area contributed by atoms with E-state index in [1.165, 1.54) is 0 Å². The number of benzene rings is 1. The van der Waals surface area contributed by atoms with Crippen molar-refractivity contribution < 1.29 is 15.0 Å². The van der Waals surface area contributed by atoms with Crippen molar-refractivity contribution >= 4 is 17.6 Å². The van der Waals surface area contributed by atoms with Crippen molar-refractivity contribution in [3.05, 3.63) is 28.3 Å². The second kappa shape index (κ2) is 4.96. The molecule has 1 aromatic rings. The van der Waals surface area contributed by atoms with Crippen LogP contribution in [0.3, 0.4) is 0 Å². The fourth-order valence-electron chi connectivity index (χ4n) is 1.85. The fraction of sp³-hybridized carbons (Fsp3) is 0.462. The number of hydrogen-bond donors (Lipinski definition) is 2. The predicted octanol–water partition coefficient (Wildman–Crippen LogP) is 3.36. The van der Waals surface area contributed by atoms with Crippen molar-refractivity contribution in [2.75, 3.05) is 0 Å². The van der Waals surface area contributed by atoms with Crippen LogP contribution in [0.4, 0.5) is 0 Å². The summed E-state index contributed by atoms with van der Waals surface area (Å²) >= 11 is 5.94. The number of carbonyl (C=O) groups is 1. The highest BCUT2D eigenvalue weighted by Crippen LogP contribution is 2.39. The first-order chi connectivity index (χ1) is 7.77. The number of carboxylic acids is 1. The summed E-state index contributed by atoms with van der Waals surface area (Å²) in [6, 6.07) is 3.53. The molecule has 0 spiro atoms. The summed E-state index contributed by atoms with van der Waals surface area (Å²) < 4.78 is 0. The number of aryl methyl sites for hydroxylation is 1. The van der Waals surface area contributed by atoms with Gasteiger partial charge in [0, 0.05) is 11.0 Å². The normalized spacial score (nSPS) is 11.5. The summed E-state index contributed by atoms with van der Waals surface area (Å²) in [5, 5.41) is 19.1. The average molecular weight is 257 g/mol. The summed E-state index contributed by atoms with van der Waals surface area (Å²) in [4.78, 5) is 10.8. The van der Waals surface area contributed by atoms with Crippen LogP contribution in [0.25, 0.3) is 0 Å². The van der Waals surface area contributed by atoms with E-state index in [4.69, 9.17) is 16.7 Å². The number of hydrogen-bond acceptors (Lipinski definition) is 2. The number of phenolic OH excluding ortho intramolecular Hbond substituents is 1. The van der Waals surface area contributed by atoms with Gasteiger partial charge in [-0.2, -0.15) is 0 Å². The molecule has 0 atom stereocenters. The smallest absolute Gasteiger partial charge is 0.304 e. The molecule has 17 heavy (non-hydrogen) atoms. The lowest BCUT2D eigenvalue weighted by Gasteiger charge is -2.25. The molecule has 0 saturated heterocycles. The molecule has 0 amide bonds. The summed E-state index contributed by atoms with van der Waals surface area (Å²) in [7, 11) is 0. The molecule has 0 aliphatic heterocycles. The molecule has 0 aliphatic carbocycles. The zero-order chi connectivity index (χ0) is 13.2. The quantitative estimate of drug-likeness (QED) is 0.868. The fourth-order valence-corrected chi connectivity index (χ4v) is 2.09. The Kier molecular flexibility index (Phi) is 4.04. The Labute approximate surface area is 106 Å². The number of aromatic hydroxyl groups is 1. The van der Waals surface area contributed by atoms with Gasteiger partial charge in [-0.1, -0.05) is 38.4 Å². The van der Waals surface area contributed by atoms with Gasteiger partial charge in [-0.3, -0.25) is 4.79 Å². The highest BCUT2D eigenvalue weighted by Gasteiger charge is 2.28. The summed E-state index contributed by atoms with van der Waals surface area (Å²) in [5.41, 5.74) is 0.926. The van der Waals surface area contributed by atoms with E-state index in [0.717, 1.165) is 12.0 Å². The van der Waals surface area contributed by atoms with Gasteiger partial charge < -0.3 is 10.2 Å². The summed E-state index contributed by atoms with van der Waals surface area (Å²) in [6.07, 6.45) is 0.736. The maximum absolute atomic E-state index is 10.8. The number of phenols is 1. The number of carboxylic acid groups (broad SMARTS) is 1. The molecule has 3 nitrogen and oxygen atoms in total. The largest absolute Gasteiger partial charge is 0.506 e. The van der Waals surface area contributed by atoms with Gasteiger partial charge in [0.15, 0.2) is 0 Å². The van der Waals surface area contributed by atoms with Crippen LogP contribution >= 0.6 is 11.6 Å². The second-order valence-corrected chi connectivity index (χ2v) is 5.19. The molecular weight excluding hydrogens is 240 g/mol. The molecule has 0 heterocycles. The van der Waals surface area contributed by atoms with Gasteiger partial charge in [0.2, 0.25) is 0 Å². The van der Waals surface area contributed by atoms with Gasteiger partial charge in [-0.05, 0) is 18.1 Å². The lowest BCUT2D eigenvalue weighted by molar-refractivity contribution is -0.138. The molecule has 94 valence electrons. The Hall–Kier alpha value is -1.22. The van der Waals surface area contributed by atoms with Crippen LogP contribution in [-0.2, 0) is 16.6 Å². The Morgan fingerprint density at radius 2 is 2.00 bits per heavy atom. The molecule has 1 rings (SSSR count). The topological polar surface area (TPSA) is 57.5 Å². The van der Waals surface area contributed by atoms with Crippen LogP contribution in [0.5, 0.6) is 5.75 Å². The molecule has 0 radical (unpaired) electrons. The van der Waals surface area contributed by atoms with E-state index in [1.807, 2.05) is 13.0 Å². The van der Waals surface area contributed by atoms with Crippen LogP contribution < -0.4 is 0 Å². The maximum Gasteiger partial charge on any atom is 0.304 e. The third-order valence-electron chi connectivity index (χ3n) is 2.85. The molecule has 1 aromatic carbocycles. The zero-order valence-electron chi connectivity index (χ0n) is 10.2. The first kappa shape index (κ1) is 13.8. The van der Waals surface area contributed by atoms with Gasteiger partial charge in [0.25, 0.3) is 0 Å². The van der Waals surface area contributed by atoms with Crippen molar-refractivity contribution in [1.29, 1.82) is 0 Å². The molecule has 0 saturated carbocycles. The first-order valence-corrected chi connectivity index (χ1v) is 5.89. The lowest BCUT2D eigenvalue weighted by Crippen LogP contribution is -2.22. The van der Waals surface area contributed by atoms with Crippen molar-refractivity contribution in [1.82, 2.24) is 0 Å². The van der Waals surface area contributed by atoms with Crippen LogP contribution in [0, 0.1) is 0 Å². The first-order valence-electron chi connectivity index (χ1n) is 5.51. The van der Waals surface area contributed by atoms with Crippen molar-refractivity contribution in [2.24, 2.45) is 0 Å². The molecule has 0 unspecified atom stereocenters. The third kappa shape index (κ3) is 3.13. The number of rotatable bonds is 4. The lowest BCUT2D eigenvalue weighted by atomic mass is 9.80. The minimum Gasteiger partial charge on any atom is -0.506 e. The Balaban J connectivity index is 3.28. The van der Waals surface area contributed by atoms with E-state index in [9.17, 15) is 9.90 Å². The standard InChI is InChI=1S/C13H17ClO3/c1-4-8-5-9(12(17)10(14)6-8)13(2,3)7-11(15)16/h5-6,17H,4,7H2,1-3H3,(H,15,16). The highest BCUT2D eigenvalue weighted by atomic mass is 35.5. The molecule has 0 bridgehead atoms. The van der Waals surface area contributed by atoms with Crippen molar-refractivity contribution in [3.8, 4) is 5.75 Å².